The molecule has 1 aromatic rings. The van der Waals surface area contributed by atoms with Crippen LogP contribution < -0.4 is 0 Å². The van der Waals surface area contributed by atoms with E-state index in [1.54, 1.807) is 6.92 Å². The number of hydrogen-bond acceptors (Lipinski definition) is 5. The monoisotopic (exact) mass is 266 g/mol. The highest BCUT2D eigenvalue weighted by Crippen LogP contribution is 2.37. The van der Waals surface area contributed by atoms with Gasteiger partial charge in [0.2, 0.25) is 0 Å². The lowest BCUT2D eigenvalue weighted by molar-refractivity contribution is -0.143. The highest BCUT2D eigenvalue weighted by molar-refractivity contribution is 6.09. The number of esters is 1. The lowest BCUT2D eigenvalue weighted by Gasteiger charge is -2.30. The molecule has 0 bridgehead atoms. The molecule has 1 heterocycles. The van der Waals surface area contributed by atoms with Crippen molar-refractivity contribution in [3.8, 4) is 0 Å². The number of ether oxygens (including phenoxy) is 1. The maximum atomic E-state index is 12.4. The summed E-state index contributed by atoms with van der Waals surface area (Å²) in [6.45, 7) is 2.88. The van der Waals surface area contributed by atoms with Gasteiger partial charge in [-0.1, -0.05) is 0 Å². The van der Waals surface area contributed by atoms with Crippen LogP contribution >= 0.6 is 0 Å². The van der Waals surface area contributed by atoms with Crippen LogP contribution in [0.25, 0.3) is 0 Å². The number of carboxylic acids is 1. The molecule has 0 aliphatic heterocycles. The molecule has 1 aliphatic carbocycles. The van der Waals surface area contributed by atoms with Crippen LogP contribution in [0.5, 0.6) is 0 Å². The van der Waals surface area contributed by atoms with Crippen molar-refractivity contribution in [2.75, 3.05) is 6.61 Å². The van der Waals surface area contributed by atoms with Crippen LogP contribution in [0, 0.1) is 5.41 Å². The van der Waals surface area contributed by atoms with E-state index in [9.17, 15) is 14.4 Å². The summed E-state index contributed by atoms with van der Waals surface area (Å²) in [6.07, 6.45) is 1.99. The van der Waals surface area contributed by atoms with Gasteiger partial charge in [0.1, 0.15) is 24.2 Å². The third-order valence-electron chi connectivity index (χ3n) is 3.37. The first-order valence-electron chi connectivity index (χ1n) is 5.87. The highest BCUT2D eigenvalue weighted by atomic mass is 16.5. The summed E-state index contributed by atoms with van der Waals surface area (Å²) in [6, 6.07) is 0. The van der Waals surface area contributed by atoms with Crippen molar-refractivity contribution in [2.45, 2.75) is 26.7 Å². The minimum absolute atomic E-state index is 0.0507. The molecule has 1 aromatic heterocycles. The fraction of sp³-hybridized carbons (Fsp3) is 0.462. The maximum Gasteiger partial charge on any atom is 0.339 e. The molecule has 0 radical (unpaired) electrons. The van der Waals surface area contributed by atoms with Gasteiger partial charge in [0, 0.05) is 13.3 Å². The molecule has 0 amide bonds. The van der Waals surface area contributed by atoms with E-state index in [1.807, 2.05) is 0 Å². The van der Waals surface area contributed by atoms with Crippen molar-refractivity contribution in [2.24, 2.45) is 5.41 Å². The summed E-state index contributed by atoms with van der Waals surface area (Å²) in [5.41, 5.74) is -0.922. The Morgan fingerprint density at radius 2 is 2.21 bits per heavy atom. The Bertz CT molecular complexity index is 555. The molecular weight excluding hydrogens is 252 g/mol. The smallest absolute Gasteiger partial charge is 0.339 e. The number of carboxylic acid groups (broad SMARTS) is 1. The van der Waals surface area contributed by atoms with Crippen LogP contribution in [-0.2, 0) is 16.0 Å². The van der Waals surface area contributed by atoms with E-state index < -0.39 is 17.4 Å². The number of aromatic carboxylic acids is 1. The van der Waals surface area contributed by atoms with E-state index in [-0.39, 0.29) is 23.5 Å². The van der Waals surface area contributed by atoms with Gasteiger partial charge < -0.3 is 14.3 Å². The summed E-state index contributed by atoms with van der Waals surface area (Å²) < 4.78 is 10.0. The Morgan fingerprint density at radius 1 is 1.53 bits per heavy atom. The normalized spacial score (nSPS) is 21.9. The van der Waals surface area contributed by atoms with Gasteiger partial charge in [-0.15, -0.1) is 0 Å². The van der Waals surface area contributed by atoms with Gasteiger partial charge >= 0.3 is 11.9 Å². The average Bonchev–Trinajstić information content (AvgIpc) is 2.76. The second kappa shape index (κ2) is 4.53. The lowest BCUT2D eigenvalue weighted by atomic mass is 9.73. The molecule has 0 spiro atoms. The van der Waals surface area contributed by atoms with Crippen molar-refractivity contribution in [3.05, 3.63) is 23.2 Å². The molecule has 6 nitrogen and oxygen atoms in total. The highest BCUT2D eigenvalue weighted by Gasteiger charge is 2.43. The summed E-state index contributed by atoms with van der Waals surface area (Å²) in [5, 5.41) is 9.04. The maximum absolute atomic E-state index is 12.4. The number of Topliss-reactive ketones (excluding diaryl/α,β-unsaturated/α-hetero) is 1. The number of furan rings is 1. The number of carbonyl (C=O) groups excluding carboxylic acids is 2. The van der Waals surface area contributed by atoms with Crippen molar-refractivity contribution in [1.82, 2.24) is 0 Å². The Balaban J connectivity index is 2.34. The first kappa shape index (κ1) is 13.3. The van der Waals surface area contributed by atoms with E-state index in [0.717, 1.165) is 6.26 Å². The van der Waals surface area contributed by atoms with Gasteiger partial charge in [0.15, 0.2) is 5.78 Å². The van der Waals surface area contributed by atoms with E-state index in [1.165, 1.54) is 6.92 Å². The predicted octanol–water partition coefficient (Wildman–Crippen LogP) is 1.68. The second-order valence-electron chi connectivity index (χ2n) is 4.92. The van der Waals surface area contributed by atoms with Gasteiger partial charge in [-0.05, 0) is 13.3 Å². The minimum Gasteiger partial charge on any atom is -0.478 e. The predicted molar refractivity (Wildman–Crippen MR) is 63.1 cm³/mol. The van der Waals surface area contributed by atoms with Crippen LogP contribution in [0.1, 0.15) is 46.7 Å². The molecule has 19 heavy (non-hydrogen) atoms. The number of carbonyl (C=O) groups is 3. The molecule has 0 aromatic carbocycles. The van der Waals surface area contributed by atoms with E-state index in [0.29, 0.717) is 18.6 Å². The van der Waals surface area contributed by atoms with Gasteiger partial charge in [-0.2, -0.15) is 0 Å². The Labute approximate surface area is 109 Å². The van der Waals surface area contributed by atoms with Crippen LogP contribution in [-0.4, -0.2) is 29.4 Å². The number of aryl methyl sites for hydroxylation is 1. The molecule has 1 N–H and O–H groups in total. The van der Waals surface area contributed by atoms with Crippen LogP contribution in [0.2, 0.25) is 0 Å². The van der Waals surface area contributed by atoms with Crippen LogP contribution in [0.3, 0.4) is 0 Å². The molecule has 102 valence electrons. The van der Waals surface area contributed by atoms with Gasteiger partial charge in [-0.3, -0.25) is 9.59 Å². The topological polar surface area (TPSA) is 93.8 Å². The summed E-state index contributed by atoms with van der Waals surface area (Å²) in [7, 11) is 0. The largest absolute Gasteiger partial charge is 0.478 e. The summed E-state index contributed by atoms with van der Waals surface area (Å²) >= 11 is 0. The van der Waals surface area contributed by atoms with Gasteiger partial charge in [0.25, 0.3) is 0 Å². The Morgan fingerprint density at radius 3 is 2.79 bits per heavy atom. The molecule has 0 saturated carbocycles. The van der Waals surface area contributed by atoms with Crippen molar-refractivity contribution >= 4 is 17.7 Å². The van der Waals surface area contributed by atoms with Crippen molar-refractivity contribution < 1.29 is 28.6 Å². The Hall–Kier alpha value is -2.11. The van der Waals surface area contributed by atoms with Crippen molar-refractivity contribution in [1.29, 1.82) is 0 Å². The van der Waals surface area contributed by atoms with Crippen LogP contribution in [0.4, 0.5) is 0 Å². The molecular formula is C13H14O6. The van der Waals surface area contributed by atoms with Crippen LogP contribution in [0.15, 0.2) is 10.7 Å². The van der Waals surface area contributed by atoms with E-state index in [4.69, 9.17) is 14.3 Å². The SMILES string of the molecule is CC(=O)OCC1(C)CCc2occ(C(=O)O)c2C1=O. The summed E-state index contributed by atoms with van der Waals surface area (Å²) in [5.74, 6) is -1.62. The van der Waals surface area contributed by atoms with E-state index >= 15 is 0 Å². The zero-order chi connectivity index (χ0) is 14.2. The van der Waals surface area contributed by atoms with E-state index in [2.05, 4.69) is 0 Å². The number of ketones is 1. The third-order valence-corrected chi connectivity index (χ3v) is 3.37. The average molecular weight is 266 g/mol. The molecule has 0 saturated heterocycles. The third kappa shape index (κ3) is 2.25. The lowest BCUT2D eigenvalue weighted by Crippen LogP contribution is -2.38. The quantitative estimate of drug-likeness (QED) is 0.836. The number of rotatable bonds is 3. The first-order valence-corrected chi connectivity index (χ1v) is 5.87. The van der Waals surface area contributed by atoms with Gasteiger partial charge in [-0.25, -0.2) is 4.79 Å². The molecule has 1 atom stereocenters. The standard InChI is InChI=1S/C13H14O6/c1-7(14)19-6-13(2)4-3-9-10(11(13)15)8(5-18-9)12(16)17/h5H,3-4,6H2,1-2H3,(H,16,17). The zero-order valence-electron chi connectivity index (χ0n) is 10.7. The fourth-order valence-corrected chi connectivity index (χ4v) is 2.19. The van der Waals surface area contributed by atoms with Gasteiger partial charge in [0.05, 0.1) is 11.0 Å². The number of fused-ring (bicyclic) bond motifs is 1. The molecule has 0 fully saturated rings. The minimum atomic E-state index is -1.20. The molecule has 6 heteroatoms. The molecule has 2 rings (SSSR count). The first-order chi connectivity index (χ1) is 8.85. The second-order valence-corrected chi connectivity index (χ2v) is 4.92. The fourth-order valence-electron chi connectivity index (χ4n) is 2.19. The van der Waals surface area contributed by atoms with Crippen molar-refractivity contribution in [3.63, 3.8) is 0 Å². The molecule has 1 unspecified atom stereocenters. The Kier molecular flexibility index (Phi) is 3.18. The summed E-state index contributed by atoms with van der Waals surface area (Å²) in [4.78, 5) is 34.3. The molecule has 1 aliphatic rings. The number of hydrogen-bond donors (Lipinski definition) is 1. The zero-order valence-corrected chi connectivity index (χ0v) is 10.7.